The van der Waals surface area contributed by atoms with E-state index in [9.17, 15) is 9.59 Å². The van der Waals surface area contributed by atoms with Crippen LogP contribution in [0.3, 0.4) is 0 Å². The zero-order valence-electron chi connectivity index (χ0n) is 18.4. The smallest absolute Gasteiger partial charge is 0.242 e. The van der Waals surface area contributed by atoms with Gasteiger partial charge in [0.05, 0.1) is 5.75 Å². The molecule has 0 bridgehead atoms. The van der Waals surface area contributed by atoms with E-state index < -0.39 is 6.04 Å². The van der Waals surface area contributed by atoms with Crippen molar-refractivity contribution < 1.29 is 9.59 Å². The average Bonchev–Trinajstić information content (AvgIpc) is 2.74. The molecular formula is C25H34N2O2S. The van der Waals surface area contributed by atoms with Gasteiger partial charge in [-0.1, -0.05) is 80.4 Å². The minimum atomic E-state index is -0.452. The average molecular weight is 427 g/mol. The molecule has 0 aliphatic heterocycles. The largest absolute Gasteiger partial charge is 0.354 e. The second-order valence-electron chi connectivity index (χ2n) is 7.56. The first-order valence-corrected chi connectivity index (χ1v) is 11.9. The summed E-state index contributed by atoms with van der Waals surface area (Å²) in [7, 11) is 0. The number of unbranched alkanes of at least 4 members (excludes halogenated alkanes) is 1. The summed E-state index contributed by atoms with van der Waals surface area (Å²) in [5.41, 5.74) is 3.40. The Bertz CT molecular complexity index is 795. The van der Waals surface area contributed by atoms with Gasteiger partial charge in [-0.15, -0.1) is 11.8 Å². The van der Waals surface area contributed by atoms with Crippen molar-refractivity contribution in [3.05, 3.63) is 71.3 Å². The number of carbonyl (C=O) groups excluding carboxylic acids is 2. The van der Waals surface area contributed by atoms with Crippen LogP contribution in [0.5, 0.6) is 0 Å². The Labute approximate surface area is 185 Å². The number of hydrogen-bond acceptors (Lipinski definition) is 3. The van der Waals surface area contributed by atoms with E-state index in [4.69, 9.17) is 0 Å². The molecule has 5 heteroatoms. The molecule has 2 rings (SSSR count). The summed E-state index contributed by atoms with van der Waals surface area (Å²) in [5.74, 6) is 1.10. The van der Waals surface area contributed by atoms with Gasteiger partial charge in [0, 0.05) is 18.8 Å². The molecule has 2 aromatic carbocycles. The summed E-state index contributed by atoms with van der Waals surface area (Å²) in [6.07, 6.45) is 2.57. The van der Waals surface area contributed by atoms with E-state index in [2.05, 4.69) is 30.4 Å². The highest BCUT2D eigenvalue weighted by Gasteiger charge is 2.28. The standard InChI is InChI=1S/C25H34N2O2S/c1-4-6-15-26-25(29)23(5-2)27(17-22-14-10-11-20(3)16-22)24(28)19-30-18-21-12-8-7-9-13-21/h7-14,16,23H,4-6,15,17-19H2,1-3H3,(H,26,29). The van der Waals surface area contributed by atoms with Crippen LogP contribution in [0.25, 0.3) is 0 Å². The van der Waals surface area contributed by atoms with Gasteiger partial charge in [-0.2, -0.15) is 0 Å². The van der Waals surface area contributed by atoms with Crippen molar-refractivity contribution in [3.63, 3.8) is 0 Å². The Hall–Kier alpha value is -2.27. The highest BCUT2D eigenvalue weighted by atomic mass is 32.2. The van der Waals surface area contributed by atoms with Crippen LogP contribution >= 0.6 is 11.8 Å². The van der Waals surface area contributed by atoms with Gasteiger partial charge in [-0.25, -0.2) is 0 Å². The van der Waals surface area contributed by atoms with E-state index in [-0.39, 0.29) is 11.8 Å². The minimum absolute atomic E-state index is 0.00919. The van der Waals surface area contributed by atoms with E-state index >= 15 is 0 Å². The number of carbonyl (C=O) groups is 2. The molecular weight excluding hydrogens is 392 g/mol. The number of rotatable bonds is 12. The van der Waals surface area contributed by atoms with E-state index in [0.29, 0.717) is 25.3 Å². The SMILES string of the molecule is CCCCNC(=O)C(CC)N(Cc1cccc(C)c1)C(=O)CSCc1ccccc1. The number of benzene rings is 2. The number of hydrogen-bond donors (Lipinski definition) is 1. The van der Waals surface area contributed by atoms with Crippen LogP contribution in [0.4, 0.5) is 0 Å². The molecule has 1 atom stereocenters. The lowest BCUT2D eigenvalue weighted by Crippen LogP contribution is -2.49. The summed E-state index contributed by atoms with van der Waals surface area (Å²) in [5, 5.41) is 3.01. The van der Waals surface area contributed by atoms with Crippen molar-refractivity contribution >= 4 is 23.6 Å². The number of nitrogens with zero attached hydrogens (tertiary/aromatic N) is 1. The van der Waals surface area contributed by atoms with Gasteiger partial charge in [0.2, 0.25) is 11.8 Å². The molecule has 0 aliphatic rings. The van der Waals surface area contributed by atoms with Crippen LogP contribution in [0.15, 0.2) is 54.6 Å². The van der Waals surface area contributed by atoms with Crippen molar-refractivity contribution in [3.8, 4) is 0 Å². The maximum absolute atomic E-state index is 13.2. The summed E-state index contributed by atoms with van der Waals surface area (Å²) in [4.78, 5) is 27.8. The normalized spacial score (nSPS) is 11.7. The molecule has 2 aromatic rings. The molecule has 1 N–H and O–H groups in total. The lowest BCUT2D eigenvalue weighted by Gasteiger charge is -2.30. The number of nitrogens with one attached hydrogen (secondary N) is 1. The molecule has 4 nitrogen and oxygen atoms in total. The molecule has 162 valence electrons. The maximum Gasteiger partial charge on any atom is 0.242 e. The van der Waals surface area contributed by atoms with Crippen LogP contribution in [0, 0.1) is 6.92 Å². The third kappa shape index (κ3) is 7.86. The summed E-state index contributed by atoms with van der Waals surface area (Å²) >= 11 is 1.59. The molecule has 0 radical (unpaired) electrons. The molecule has 0 spiro atoms. The first-order valence-electron chi connectivity index (χ1n) is 10.8. The molecule has 0 saturated heterocycles. The quantitative estimate of drug-likeness (QED) is 0.489. The highest BCUT2D eigenvalue weighted by molar-refractivity contribution is 7.99. The van der Waals surface area contributed by atoms with Crippen molar-refractivity contribution in [1.29, 1.82) is 0 Å². The first kappa shape index (κ1) is 24.0. The predicted molar refractivity (Wildman–Crippen MR) is 126 cm³/mol. The Morgan fingerprint density at radius 1 is 1.03 bits per heavy atom. The summed E-state index contributed by atoms with van der Waals surface area (Å²) in [6, 6.07) is 17.8. The fourth-order valence-corrected chi connectivity index (χ4v) is 4.22. The molecule has 1 unspecified atom stereocenters. The van der Waals surface area contributed by atoms with Gasteiger partial charge in [0.1, 0.15) is 6.04 Å². The maximum atomic E-state index is 13.2. The predicted octanol–water partition coefficient (Wildman–Crippen LogP) is 4.95. The lowest BCUT2D eigenvalue weighted by molar-refractivity contribution is -0.139. The molecule has 2 amide bonds. The molecule has 0 aliphatic carbocycles. The van der Waals surface area contributed by atoms with E-state index in [1.807, 2.05) is 50.2 Å². The molecule has 0 aromatic heterocycles. The Morgan fingerprint density at radius 2 is 1.77 bits per heavy atom. The van der Waals surface area contributed by atoms with E-state index in [1.54, 1.807) is 16.7 Å². The van der Waals surface area contributed by atoms with Gasteiger partial charge in [0.25, 0.3) is 0 Å². The van der Waals surface area contributed by atoms with Gasteiger partial charge >= 0.3 is 0 Å². The zero-order chi connectivity index (χ0) is 21.8. The fourth-order valence-electron chi connectivity index (χ4n) is 3.35. The molecule has 0 fully saturated rings. The fraction of sp³-hybridized carbons (Fsp3) is 0.440. The van der Waals surface area contributed by atoms with Crippen LogP contribution in [0.2, 0.25) is 0 Å². The van der Waals surface area contributed by atoms with Crippen molar-refractivity contribution in [2.75, 3.05) is 12.3 Å². The molecule has 0 heterocycles. The molecule has 0 saturated carbocycles. The summed E-state index contributed by atoms with van der Waals surface area (Å²) < 4.78 is 0. The van der Waals surface area contributed by atoms with E-state index in [0.717, 1.165) is 29.7 Å². The van der Waals surface area contributed by atoms with Gasteiger partial charge in [0.15, 0.2) is 0 Å². The van der Waals surface area contributed by atoms with Crippen molar-refractivity contribution in [1.82, 2.24) is 10.2 Å². The molecule has 30 heavy (non-hydrogen) atoms. The second kappa shape index (κ2) is 13.1. The third-order valence-electron chi connectivity index (χ3n) is 4.99. The van der Waals surface area contributed by atoms with Crippen LogP contribution in [-0.4, -0.2) is 35.1 Å². The Morgan fingerprint density at radius 3 is 2.43 bits per heavy atom. The lowest BCUT2D eigenvalue weighted by atomic mass is 10.1. The topological polar surface area (TPSA) is 49.4 Å². The number of aryl methyl sites for hydroxylation is 1. The van der Waals surface area contributed by atoms with Crippen molar-refractivity contribution in [2.24, 2.45) is 0 Å². The third-order valence-corrected chi connectivity index (χ3v) is 5.98. The van der Waals surface area contributed by atoms with Gasteiger partial charge in [-0.05, 0) is 30.9 Å². The van der Waals surface area contributed by atoms with Crippen LogP contribution in [-0.2, 0) is 21.9 Å². The van der Waals surface area contributed by atoms with Gasteiger partial charge in [-0.3, -0.25) is 9.59 Å². The van der Waals surface area contributed by atoms with E-state index in [1.165, 1.54) is 5.56 Å². The zero-order valence-corrected chi connectivity index (χ0v) is 19.2. The van der Waals surface area contributed by atoms with Crippen molar-refractivity contribution in [2.45, 2.75) is 58.4 Å². The second-order valence-corrected chi connectivity index (χ2v) is 8.54. The highest BCUT2D eigenvalue weighted by Crippen LogP contribution is 2.17. The minimum Gasteiger partial charge on any atom is -0.354 e. The number of amides is 2. The summed E-state index contributed by atoms with van der Waals surface area (Å²) in [6.45, 7) is 7.21. The Balaban J connectivity index is 2.09. The monoisotopic (exact) mass is 426 g/mol. The Kier molecular flexibility index (Phi) is 10.5. The van der Waals surface area contributed by atoms with Crippen LogP contribution < -0.4 is 5.32 Å². The number of thioether (sulfide) groups is 1. The first-order chi connectivity index (χ1) is 14.5. The van der Waals surface area contributed by atoms with Crippen LogP contribution in [0.1, 0.15) is 49.8 Å². The van der Waals surface area contributed by atoms with Gasteiger partial charge < -0.3 is 10.2 Å².